The van der Waals surface area contributed by atoms with Crippen molar-refractivity contribution in [3.63, 3.8) is 0 Å². The molecule has 0 saturated heterocycles. The zero-order valence-corrected chi connectivity index (χ0v) is 11.8. The van der Waals surface area contributed by atoms with E-state index in [4.69, 9.17) is 0 Å². The molecule has 0 heterocycles. The lowest BCUT2D eigenvalue weighted by Crippen LogP contribution is -2.02. The van der Waals surface area contributed by atoms with Crippen LogP contribution in [0.15, 0.2) is 48.5 Å². The van der Waals surface area contributed by atoms with Crippen LogP contribution in [0.2, 0.25) is 0 Å². The highest BCUT2D eigenvalue weighted by Crippen LogP contribution is 2.11. The number of aryl methyl sites for hydroxylation is 2. The lowest BCUT2D eigenvalue weighted by molar-refractivity contribution is 0.0979. The van der Waals surface area contributed by atoms with Crippen LogP contribution in [0.5, 0.6) is 0 Å². The van der Waals surface area contributed by atoms with Crippen molar-refractivity contribution in [2.75, 3.05) is 0 Å². The number of carbonyl (C=O) groups excluding carboxylic acids is 2. The van der Waals surface area contributed by atoms with Crippen LogP contribution in [0, 0.1) is 6.92 Å². The summed E-state index contributed by atoms with van der Waals surface area (Å²) >= 11 is 0. The predicted octanol–water partition coefficient (Wildman–Crippen LogP) is 4.01. The Labute approximate surface area is 119 Å². The van der Waals surface area contributed by atoms with Crippen molar-refractivity contribution in [2.24, 2.45) is 0 Å². The smallest absolute Gasteiger partial charge is 0.163 e. The summed E-state index contributed by atoms with van der Waals surface area (Å²) in [7, 11) is 0. The fourth-order valence-corrected chi connectivity index (χ4v) is 2.05. The van der Waals surface area contributed by atoms with Gasteiger partial charge >= 0.3 is 0 Å². The van der Waals surface area contributed by atoms with Crippen LogP contribution < -0.4 is 0 Å². The summed E-state index contributed by atoms with van der Waals surface area (Å²) in [4.78, 5) is 23.3. The van der Waals surface area contributed by atoms with E-state index in [0.29, 0.717) is 17.5 Å². The molecule has 2 nitrogen and oxygen atoms in total. The average molecular weight is 266 g/mol. The van der Waals surface area contributed by atoms with Gasteiger partial charge < -0.3 is 0 Å². The van der Waals surface area contributed by atoms with Gasteiger partial charge in [-0.3, -0.25) is 9.59 Å². The van der Waals surface area contributed by atoms with E-state index in [2.05, 4.69) is 24.3 Å². The lowest BCUT2D eigenvalue weighted by atomic mass is 10.0. The first-order valence-corrected chi connectivity index (χ1v) is 6.76. The van der Waals surface area contributed by atoms with Crippen molar-refractivity contribution in [3.8, 4) is 0 Å². The Balaban J connectivity index is 1.97. The van der Waals surface area contributed by atoms with Gasteiger partial charge in [0.25, 0.3) is 0 Å². The second kappa shape index (κ2) is 6.29. The van der Waals surface area contributed by atoms with Gasteiger partial charge in [-0.2, -0.15) is 0 Å². The van der Waals surface area contributed by atoms with E-state index in [1.807, 2.05) is 6.92 Å². The van der Waals surface area contributed by atoms with Crippen molar-refractivity contribution < 1.29 is 9.59 Å². The maximum Gasteiger partial charge on any atom is 0.163 e. The summed E-state index contributed by atoms with van der Waals surface area (Å²) < 4.78 is 0. The minimum absolute atomic E-state index is 0.0173. The highest BCUT2D eigenvalue weighted by atomic mass is 16.1. The van der Waals surface area contributed by atoms with Crippen LogP contribution in [-0.2, 0) is 6.42 Å². The Morgan fingerprint density at radius 1 is 0.850 bits per heavy atom. The quantitative estimate of drug-likeness (QED) is 0.766. The first-order valence-electron chi connectivity index (χ1n) is 6.76. The standard InChI is InChI=1S/C18H18O2/c1-13-3-5-15(6-4-13)7-12-18(20)17-10-8-16(9-11-17)14(2)19/h3-6,8-11H,7,12H2,1-2H3. The summed E-state index contributed by atoms with van der Waals surface area (Å²) in [6.45, 7) is 3.57. The molecule has 0 saturated carbocycles. The summed E-state index contributed by atoms with van der Waals surface area (Å²) in [6, 6.07) is 15.1. The van der Waals surface area contributed by atoms with E-state index in [9.17, 15) is 9.59 Å². The summed E-state index contributed by atoms with van der Waals surface area (Å²) in [6.07, 6.45) is 1.23. The van der Waals surface area contributed by atoms with Gasteiger partial charge in [-0.25, -0.2) is 0 Å². The van der Waals surface area contributed by atoms with Crippen molar-refractivity contribution >= 4 is 11.6 Å². The molecule has 2 aromatic carbocycles. The minimum Gasteiger partial charge on any atom is -0.295 e. The highest BCUT2D eigenvalue weighted by molar-refractivity contribution is 5.98. The van der Waals surface area contributed by atoms with Gasteiger partial charge in [-0.05, 0) is 25.8 Å². The molecule has 0 aliphatic carbocycles. The van der Waals surface area contributed by atoms with Gasteiger partial charge in [0.05, 0.1) is 0 Å². The van der Waals surface area contributed by atoms with Crippen LogP contribution in [0.4, 0.5) is 0 Å². The van der Waals surface area contributed by atoms with E-state index < -0.39 is 0 Å². The Kier molecular flexibility index (Phi) is 4.46. The van der Waals surface area contributed by atoms with Crippen molar-refractivity contribution in [2.45, 2.75) is 26.7 Å². The molecule has 0 aliphatic heterocycles. The molecule has 0 radical (unpaired) electrons. The maximum absolute atomic E-state index is 12.1. The molecule has 0 N–H and O–H groups in total. The van der Waals surface area contributed by atoms with Gasteiger partial charge in [-0.15, -0.1) is 0 Å². The summed E-state index contributed by atoms with van der Waals surface area (Å²) in [5.41, 5.74) is 3.70. The third kappa shape index (κ3) is 3.64. The molecule has 0 unspecified atom stereocenters. The van der Waals surface area contributed by atoms with E-state index in [1.54, 1.807) is 24.3 Å². The van der Waals surface area contributed by atoms with Crippen LogP contribution >= 0.6 is 0 Å². The molecule has 0 spiro atoms. The highest BCUT2D eigenvalue weighted by Gasteiger charge is 2.07. The number of hydrogen-bond acceptors (Lipinski definition) is 2. The Hall–Kier alpha value is -2.22. The fraction of sp³-hybridized carbons (Fsp3) is 0.222. The third-order valence-corrected chi connectivity index (χ3v) is 3.37. The largest absolute Gasteiger partial charge is 0.295 e. The van der Waals surface area contributed by atoms with E-state index in [-0.39, 0.29) is 11.6 Å². The molecule has 2 aromatic rings. The maximum atomic E-state index is 12.1. The third-order valence-electron chi connectivity index (χ3n) is 3.37. The number of ketones is 2. The molecule has 2 rings (SSSR count). The van der Waals surface area contributed by atoms with Crippen molar-refractivity contribution in [1.82, 2.24) is 0 Å². The van der Waals surface area contributed by atoms with Crippen molar-refractivity contribution in [3.05, 3.63) is 70.8 Å². The molecular weight excluding hydrogens is 248 g/mol. The second-order valence-corrected chi connectivity index (χ2v) is 5.04. The van der Waals surface area contributed by atoms with Gasteiger partial charge in [0.15, 0.2) is 11.6 Å². The first kappa shape index (κ1) is 14.2. The predicted molar refractivity (Wildman–Crippen MR) is 80.3 cm³/mol. The molecule has 0 aromatic heterocycles. The SMILES string of the molecule is CC(=O)c1ccc(C(=O)CCc2ccc(C)cc2)cc1. The van der Waals surface area contributed by atoms with E-state index in [1.165, 1.54) is 18.1 Å². The fourth-order valence-electron chi connectivity index (χ4n) is 2.05. The van der Waals surface area contributed by atoms with Crippen LogP contribution in [-0.4, -0.2) is 11.6 Å². The number of hydrogen-bond donors (Lipinski definition) is 0. The molecule has 0 bridgehead atoms. The minimum atomic E-state index is 0.0173. The number of benzene rings is 2. The topological polar surface area (TPSA) is 34.1 Å². The second-order valence-electron chi connectivity index (χ2n) is 5.04. The number of rotatable bonds is 5. The van der Waals surface area contributed by atoms with Crippen molar-refractivity contribution in [1.29, 1.82) is 0 Å². The summed E-state index contributed by atoms with van der Waals surface area (Å²) in [5, 5.41) is 0. The van der Waals surface area contributed by atoms with E-state index in [0.717, 1.165) is 6.42 Å². The number of Topliss-reactive ketones (excluding diaryl/α,β-unsaturated/α-hetero) is 2. The molecule has 0 amide bonds. The van der Waals surface area contributed by atoms with Gasteiger partial charge in [0, 0.05) is 17.5 Å². The van der Waals surface area contributed by atoms with E-state index >= 15 is 0 Å². The molecule has 0 atom stereocenters. The molecule has 20 heavy (non-hydrogen) atoms. The number of carbonyl (C=O) groups is 2. The Morgan fingerprint density at radius 2 is 1.40 bits per heavy atom. The molecular formula is C18H18O2. The molecule has 2 heteroatoms. The van der Waals surface area contributed by atoms with Gasteiger partial charge in [0.2, 0.25) is 0 Å². The van der Waals surface area contributed by atoms with Crippen LogP contribution in [0.25, 0.3) is 0 Å². The zero-order valence-electron chi connectivity index (χ0n) is 11.8. The monoisotopic (exact) mass is 266 g/mol. The first-order chi connectivity index (χ1) is 9.56. The van der Waals surface area contributed by atoms with Crippen LogP contribution in [0.1, 0.15) is 45.2 Å². The Morgan fingerprint density at radius 3 is 1.95 bits per heavy atom. The van der Waals surface area contributed by atoms with Gasteiger partial charge in [0.1, 0.15) is 0 Å². The molecule has 0 aliphatic rings. The lowest BCUT2D eigenvalue weighted by Gasteiger charge is -2.03. The molecule has 0 fully saturated rings. The zero-order chi connectivity index (χ0) is 14.5. The molecule has 102 valence electrons. The van der Waals surface area contributed by atoms with Gasteiger partial charge in [-0.1, -0.05) is 54.1 Å². The normalized spacial score (nSPS) is 10.3. The van der Waals surface area contributed by atoms with Crippen LogP contribution in [0.3, 0.4) is 0 Å². The Bertz CT molecular complexity index is 607. The average Bonchev–Trinajstić information content (AvgIpc) is 2.46. The summed E-state index contributed by atoms with van der Waals surface area (Å²) in [5.74, 6) is 0.129.